The van der Waals surface area contributed by atoms with Gasteiger partial charge in [-0.2, -0.15) is 0 Å². The van der Waals surface area contributed by atoms with Crippen LogP contribution in [-0.4, -0.2) is 20.2 Å². The molecule has 0 aliphatic heterocycles. The fraction of sp³-hybridized carbons (Fsp3) is 1.00. The molecule has 0 radical (unpaired) electrons. The van der Waals surface area contributed by atoms with Gasteiger partial charge in [-0.25, -0.2) is 4.39 Å². The number of hydrogen-bond donors (Lipinski definition) is 0. The third kappa shape index (κ3) is 5.81. The van der Waals surface area contributed by atoms with Gasteiger partial charge in [-0.05, 0) is 6.92 Å². The molecule has 0 fully saturated rings. The molecule has 8 heavy (non-hydrogen) atoms. The highest BCUT2D eigenvalue weighted by Crippen LogP contribution is 1.93. The fourth-order valence-electron chi connectivity index (χ4n) is 0.205. The van der Waals surface area contributed by atoms with Crippen LogP contribution in [0.25, 0.3) is 0 Å². The molecule has 5 heteroatoms. The van der Waals surface area contributed by atoms with Crippen molar-refractivity contribution in [1.29, 1.82) is 0 Å². The first-order valence-electron chi connectivity index (χ1n) is 2.16. The van der Waals surface area contributed by atoms with Crippen molar-refractivity contribution in [2.24, 2.45) is 0 Å². The van der Waals surface area contributed by atoms with E-state index < -0.39 is 20.2 Å². The Morgan fingerprint density at radius 2 is 2.12 bits per heavy atom. The zero-order valence-electron chi connectivity index (χ0n) is 4.40. The van der Waals surface area contributed by atoms with Gasteiger partial charge in [0.25, 0.3) is 0 Å². The Labute approximate surface area is 46.0 Å². The lowest BCUT2D eigenvalue weighted by Gasteiger charge is -1.98. The van der Waals surface area contributed by atoms with Crippen molar-refractivity contribution in [3.8, 4) is 0 Å². The average Bonchev–Trinajstić information content (AvgIpc) is 1.61. The summed E-state index contributed by atoms with van der Waals surface area (Å²) in [5.41, 5.74) is 0. The Balaban J connectivity index is 2.93. The molecule has 1 unspecified atom stereocenters. The fourth-order valence-corrected chi connectivity index (χ4v) is 0.205. The summed E-state index contributed by atoms with van der Waals surface area (Å²) in [4.78, 5) is 0. The van der Waals surface area contributed by atoms with Crippen molar-refractivity contribution in [3.63, 3.8) is 0 Å². The number of hydrogen-bond acceptors (Lipinski definition) is 1. The van der Waals surface area contributed by atoms with Crippen LogP contribution in [0.15, 0.2) is 0 Å². The molecule has 0 aromatic rings. The summed E-state index contributed by atoms with van der Waals surface area (Å²) in [6, 6.07) is 0. The highest BCUT2D eigenvalue weighted by Gasteiger charge is 2.15. The lowest BCUT2D eigenvalue weighted by Crippen LogP contribution is -2.12. The van der Waals surface area contributed by atoms with E-state index in [1.165, 1.54) is 0 Å². The number of alkyl halides is 1. The molecule has 0 heterocycles. The second-order valence-corrected chi connectivity index (χ2v) is 1.37. The maximum atomic E-state index is 11.6. The van der Waals surface area contributed by atoms with Crippen LogP contribution in [0.3, 0.4) is 0 Å². The lowest BCUT2D eigenvalue weighted by atomic mass is 10.3. The van der Waals surface area contributed by atoms with Crippen LogP contribution >= 0.6 is 0 Å². The van der Waals surface area contributed by atoms with E-state index in [1.54, 1.807) is 0 Å². The van der Waals surface area contributed by atoms with Crippen LogP contribution in [0, 0.1) is 0 Å². The van der Waals surface area contributed by atoms with Crippen LogP contribution < -0.4 is 0 Å². The smallest absolute Gasteiger partial charge is 0.376 e. The van der Waals surface area contributed by atoms with Gasteiger partial charge in [0.2, 0.25) is 0 Å². The first-order chi connectivity index (χ1) is 3.63. The van der Waals surface area contributed by atoms with Gasteiger partial charge in [-0.15, -0.1) is 0 Å². The zero-order chi connectivity index (χ0) is 6.57. The molecule has 0 rings (SSSR count). The van der Waals surface area contributed by atoms with Gasteiger partial charge in [0.05, 0.1) is 6.61 Å². The molecule has 1 nitrogen and oxygen atoms in total. The molecule has 0 aromatic carbocycles. The maximum absolute atomic E-state index is 11.6. The highest BCUT2D eigenvalue weighted by atomic mass is 19.2. The Morgan fingerprint density at radius 1 is 1.62 bits per heavy atom. The number of halogens is 3. The van der Waals surface area contributed by atoms with Gasteiger partial charge in [-0.1, -0.05) is 0 Å². The monoisotopic (exact) mass is 126 g/mol. The molecule has 0 amide bonds. The van der Waals surface area contributed by atoms with E-state index in [-0.39, 0.29) is 0 Å². The molecule has 48 valence electrons. The van der Waals surface area contributed by atoms with E-state index in [1.807, 2.05) is 0 Å². The quantitative estimate of drug-likeness (QED) is 0.517. The largest absolute Gasteiger partial charge is 0.721 e. The van der Waals surface area contributed by atoms with Gasteiger partial charge in [0, 0.05) is 0 Å². The van der Waals surface area contributed by atoms with Crippen molar-refractivity contribution in [2.75, 3.05) is 6.61 Å². The normalized spacial score (nSPS) is 13.5. The molecule has 0 saturated carbocycles. The van der Waals surface area contributed by atoms with Crippen LogP contribution in [0.5, 0.6) is 0 Å². The van der Waals surface area contributed by atoms with E-state index >= 15 is 0 Å². The van der Waals surface area contributed by atoms with Crippen molar-refractivity contribution in [2.45, 2.75) is 13.1 Å². The molecule has 0 aromatic heterocycles. The van der Waals surface area contributed by atoms with Crippen molar-refractivity contribution in [1.82, 2.24) is 0 Å². The first kappa shape index (κ1) is 7.81. The summed E-state index contributed by atoms with van der Waals surface area (Å²) in [5, 5.41) is 0. The molecular weight excluding hydrogens is 120 g/mol. The molecule has 0 bridgehead atoms. The van der Waals surface area contributed by atoms with Crippen LogP contribution in [-0.2, 0) is 4.65 Å². The van der Waals surface area contributed by atoms with Gasteiger partial charge in [-0.3, -0.25) is 8.63 Å². The van der Waals surface area contributed by atoms with Crippen LogP contribution in [0.2, 0.25) is 0 Å². The zero-order valence-corrected chi connectivity index (χ0v) is 4.40. The summed E-state index contributed by atoms with van der Waals surface area (Å²) in [7, 11) is -2.85. The summed E-state index contributed by atoms with van der Waals surface area (Å²) < 4.78 is 37.2. The topological polar surface area (TPSA) is 9.23 Å². The van der Waals surface area contributed by atoms with E-state index in [9.17, 15) is 13.0 Å². The summed E-state index contributed by atoms with van der Waals surface area (Å²) in [6.07, 6.45) is -1.32. The van der Waals surface area contributed by atoms with E-state index in [2.05, 4.69) is 4.65 Å². The molecule has 0 N–H and O–H groups in total. The molecule has 0 aliphatic carbocycles. The average molecular weight is 126 g/mol. The Bertz CT molecular complexity index is 50.5. The van der Waals surface area contributed by atoms with Gasteiger partial charge in [0.15, 0.2) is 0 Å². The molecule has 0 saturated heterocycles. The lowest BCUT2D eigenvalue weighted by molar-refractivity contribution is 0.178. The minimum atomic E-state index is -2.85. The molecule has 1 atom stereocenters. The number of rotatable bonds is 3. The van der Waals surface area contributed by atoms with Crippen LogP contribution in [0.1, 0.15) is 6.92 Å². The van der Waals surface area contributed by atoms with E-state index in [4.69, 9.17) is 0 Å². The van der Waals surface area contributed by atoms with E-state index in [0.29, 0.717) is 0 Å². The Hall–Kier alpha value is -0.185. The van der Waals surface area contributed by atoms with E-state index in [0.717, 1.165) is 6.92 Å². The molecule has 0 spiro atoms. The third-order valence-corrected chi connectivity index (χ3v) is 0.452. The maximum Gasteiger partial charge on any atom is 0.721 e. The van der Waals surface area contributed by atoms with Crippen molar-refractivity contribution < 1.29 is 17.7 Å². The molecule has 0 aliphatic rings. The molecular formula is C3H6BF3O. The van der Waals surface area contributed by atoms with Gasteiger partial charge < -0.3 is 4.65 Å². The SMILES string of the molecule is CC(F)COB(F)F. The highest BCUT2D eigenvalue weighted by molar-refractivity contribution is 6.34. The standard InChI is InChI=1S/C3H6BF3O/c1-3(5)2-8-4(6)7/h3H,2H2,1H3. The predicted molar refractivity (Wildman–Crippen MR) is 24.5 cm³/mol. The minimum absolute atomic E-state index is 0.530. The van der Waals surface area contributed by atoms with Gasteiger partial charge in [0.1, 0.15) is 6.17 Å². The predicted octanol–water partition coefficient (Wildman–Crippen LogP) is 1.28. The second-order valence-electron chi connectivity index (χ2n) is 1.37. The first-order valence-corrected chi connectivity index (χ1v) is 2.16. The summed E-state index contributed by atoms with van der Waals surface area (Å²) in [6.45, 7) is 0.625. The Kier molecular flexibility index (Phi) is 3.69. The van der Waals surface area contributed by atoms with Crippen molar-refractivity contribution in [3.05, 3.63) is 0 Å². The second kappa shape index (κ2) is 3.77. The van der Waals surface area contributed by atoms with Gasteiger partial charge >= 0.3 is 7.47 Å². The minimum Gasteiger partial charge on any atom is -0.376 e. The Morgan fingerprint density at radius 3 is 2.25 bits per heavy atom. The third-order valence-electron chi connectivity index (χ3n) is 0.452. The van der Waals surface area contributed by atoms with Crippen LogP contribution in [0.4, 0.5) is 13.0 Å². The van der Waals surface area contributed by atoms with Crippen molar-refractivity contribution >= 4 is 7.47 Å². The summed E-state index contributed by atoms with van der Waals surface area (Å²) in [5.74, 6) is 0. The summed E-state index contributed by atoms with van der Waals surface area (Å²) >= 11 is 0.